The van der Waals surface area contributed by atoms with Crippen LogP contribution in [0.4, 0.5) is 36.4 Å². The molecule has 4 N–H and O–H groups in total. The predicted octanol–water partition coefficient (Wildman–Crippen LogP) is 7.58. The van der Waals surface area contributed by atoms with Gasteiger partial charge in [0.05, 0.1) is 29.7 Å². The highest BCUT2D eigenvalue weighted by atomic mass is 19.4. The number of carbonyl (C=O) groups is 3. The van der Waals surface area contributed by atoms with E-state index in [-0.39, 0.29) is 41.4 Å². The van der Waals surface area contributed by atoms with Gasteiger partial charge in [-0.25, -0.2) is 9.18 Å². The number of nitrogens with one attached hydrogen (secondary N) is 3. The SMILES string of the molecule is COc1ccc(-c2ccc3[nH]cc(C(=O)O)c3c2)cc1C(=O)NC1C2CCC(/C2=C/C(F)(F)F)[C@@H]1C(=O)Nc1ccc(F)c(C(F)(F)F)c1. The fourth-order valence-electron chi connectivity index (χ4n) is 7.00. The average Bonchev–Trinajstić information content (AvgIpc) is 3.71. The lowest BCUT2D eigenvalue weighted by atomic mass is 9.83. The minimum absolute atomic E-state index is 0.0296. The van der Waals surface area contributed by atoms with Crippen molar-refractivity contribution < 1.29 is 55.0 Å². The van der Waals surface area contributed by atoms with Crippen LogP contribution in [0.3, 0.4) is 0 Å². The number of aromatic nitrogens is 1. The number of carboxylic acids is 1. The predicted molar refractivity (Wildman–Crippen MR) is 162 cm³/mol. The summed E-state index contributed by atoms with van der Waals surface area (Å²) in [7, 11) is 1.30. The van der Waals surface area contributed by atoms with Crippen molar-refractivity contribution >= 4 is 34.4 Å². The minimum atomic E-state index is -5.07. The molecule has 3 unspecified atom stereocenters. The summed E-state index contributed by atoms with van der Waals surface area (Å²) in [5, 5.41) is 14.9. The van der Waals surface area contributed by atoms with E-state index >= 15 is 0 Å². The van der Waals surface area contributed by atoms with E-state index < -0.39 is 71.0 Å². The zero-order valence-corrected chi connectivity index (χ0v) is 25.3. The molecule has 2 fully saturated rings. The van der Waals surface area contributed by atoms with Crippen LogP contribution in [0.1, 0.15) is 39.1 Å². The molecule has 2 amide bonds. The Hall–Kier alpha value is -5.34. The van der Waals surface area contributed by atoms with Crippen LogP contribution in [0.5, 0.6) is 5.75 Å². The first kappa shape index (κ1) is 33.6. The van der Waals surface area contributed by atoms with E-state index in [0.717, 1.165) is 6.07 Å². The Labute approximate surface area is 272 Å². The number of halogens is 7. The molecular formula is C34H26F7N3O5. The van der Waals surface area contributed by atoms with Gasteiger partial charge in [-0.1, -0.05) is 17.7 Å². The number of methoxy groups -OCH3 is 1. The first-order chi connectivity index (χ1) is 23.1. The number of aromatic amines is 1. The molecule has 0 spiro atoms. The van der Waals surface area contributed by atoms with Crippen LogP contribution in [0.25, 0.3) is 22.0 Å². The number of hydrogen-bond acceptors (Lipinski definition) is 4. The van der Waals surface area contributed by atoms with Gasteiger partial charge in [-0.3, -0.25) is 9.59 Å². The van der Waals surface area contributed by atoms with E-state index in [2.05, 4.69) is 15.6 Å². The lowest BCUT2D eigenvalue weighted by Gasteiger charge is -2.30. The second-order valence-corrected chi connectivity index (χ2v) is 11.9. The van der Waals surface area contributed by atoms with Crippen molar-refractivity contribution in [3.8, 4) is 16.9 Å². The van der Waals surface area contributed by atoms with Crippen LogP contribution in [0, 0.1) is 23.6 Å². The van der Waals surface area contributed by atoms with Gasteiger partial charge in [-0.15, -0.1) is 0 Å². The molecule has 0 saturated heterocycles. The summed E-state index contributed by atoms with van der Waals surface area (Å²) >= 11 is 0. The van der Waals surface area contributed by atoms with Gasteiger partial charge >= 0.3 is 18.3 Å². The molecule has 0 aliphatic heterocycles. The van der Waals surface area contributed by atoms with Crippen molar-refractivity contribution in [3.05, 3.63) is 95.0 Å². The Morgan fingerprint density at radius 3 is 2.29 bits per heavy atom. The Kier molecular flexibility index (Phi) is 8.41. The second-order valence-electron chi connectivity index (χ2n) is 11.9. The quantitative estimate of drug-likeness (QED) is 0.118. The van der Waals surface area contributed by atoms with Crippen LogP contribution in [-0.2, 0) is 11.0 Å². The second kappa shape index (κ2) is 12.3. The van der Waals surface area contributed by atoms with Crippen molar-refractivity contribution in [1.82, 2.24) is 10.3 Å². The molecule has 15 heteroatoms. The zero-order chi connectivity index (χ0) is 35.4. The van der Waals surface area contributed by atoms with Crippen LogP contribution in [0.2, 0.25) is 0 Å². The number of ether oxygens (including phenoxy) is 1. The number of fused-ring (bicyclic) bond motifs is 3. The fourth-order valence-corrected chi connectivity index (χ4v) is 7.00. The molecule has 1 aromatic heterocycles. The van der Waals surface area contributed by atoms with Crippen molar-refractivity contribution in [2.75, 3.05) is 12.4 Å². The summed E-state index contributed by atoms with van der Waals surface area (Å²) in [6.07, 6.45) is -8.00. The monoisotopic (exact) mass is 689 g/mol. The standard InChI is InChI=1S/C34H26F7N3O5/c1-49-27-9-3-16(15-2-8-26-20(10-15)23(14-42-26)32(47)48)11-21(27)30(45)44-29-19-6-5-18(22(19)13-33(36,37)38)28(29)31(46)43-17-4-7-25(35)24(12-17)34(39,40)41/h2-4,7-14,18-19,28-29,42H,5-6H2,1H3,(H,43,46)(H,44,45)(H,47,48)/b22-13-/t18?,19?,28-,29?/m0/s1. The molecule has 256 valence electrons. The number of alkyl halides is 6. The van der Waals surface area contributed by atoms with E-state index in [9.17, 15) is 50.2 Å². The molecule has 49 heavy (non-hydrogen) atoms. The molecule has 1 heterocycles. The number of hydrogen-bond donors (Lipinski definition) is 4. The molecule has 2 saturated carbocycles. The first-order valence-electron chi connectivity index (χ1n) is 14.9. The summed E-state index contributed by atoms with van der Waals surface area (Å²) in [6.45, 7) is 0. The van der Waals surface area contributed by atoms with Gasteiger partial charge in [0.15, 0.2) is 0 Å². The summed E-state index contributed by atoms with van der Waals surface area (Å²) in [6, 6.07) is 10.1. The fraction of sp³-hybridized carbons (Fsp3) is 0.265. The molecular weight excluding hydrogens is 663 g/mol. The Balaban J connectivity index is 1.34. The van der Waals surface area contributed by atoms with Gasteiger partial charge in [-0.2, -0.15) is 26.3 Å². The van der Waals surface area contributed by atoms with E-state index in [1.165, 1.54) is 25.4 Å². The number of carbonyl (C=O) groups excluding carboxylic acids is 2. The molecule has 6 rings (SSSR count). The largest absolute Gasteiger partial charge is 0.496 e. The molecule has 2 bridgehead atoms. The van der Waals surface area contributed by atoms with Crippen molar-refractivity contribution in [3.63, 3.8) is 0 Å². The molecule has 4 aromatic rings. The maximum atomic E-state index is 13.9. The number of rotatable bonds is 7. The van der Waals surface area contributed by atoms with Crippen LogP contribution >= 0.6 is 0 Å². The summed E-state index contributed by atoms with van der Waals surface area (Å²) in [5.41, 5.74) is -0.603. The minimum Gasteiger partial charge on any atom is -0.496 e. The number of amides is 2. The first-order valence-corrected chi connectivity index (χ1v) is 14.9. The maximum absolute atomic E-state index is 13.9. The van der Waals surface area contributed by atoms with Gasteiger partial charge in [0.25, 0.3) is 5.91 Å². The topological polar surface area (TPSA) is 121 Å². The van der Waals surface area contributed by atoms with Crippen LogP contribution in [0.15, 0.2) is 72.4 Å². The molecule has 3 aromatic carbocycles. The normalized spacial score (nSPS) is 21.3. The van der Waals surface area contributed by atoms with Crippen molar-refractivity contribution in [2.45, 2.75) is 31.2 Å². The molecule has 0 radical (unpaired) electrons. The number of anilines is 1. The Morgan fingerprint density at radius 2 is 1.61 bits per heavy atom. The van der Waals surface area contributed by atoms with Crippen molar-refractivity contribution in [2.24, 2.45) is 17.8 Å². The number of aromatic carboxylic acids is 1. The molecule has 2 aliphatic rings. The number of H-pyrrole nitrogens is 1. The average molecular weight is 690 g/mol. The molecule has 4 atom stereocenters. The van der Waals surface area contributed by atoms with Gasteiger partial charge in [0, 0.05) is 40.8 Å². The highest BCUT2D eigenvalue weighted by molar-refractivity contribution is 6.05. The van der Waals surface area contributed by atoms with Gasteiger partial charge in [0.2, 0.25) is 5.91 Å². The molecule has 2 aliphatic carbocycles. The number of carboxylic acid groups (broad SMARTS) is 1. The third-order valence-electron chi connectivity index (χ3n) is 9.06. The Morgan fingerprint density at radius 1 is 0.918 bits per heavy atom. The van der Waals surface area contributed by atoms with Gasteiger partial charge in [-0.05, 0) is 72.4 Å². The van der Waals surface area contributed by atoms with Crippen molar-refractivity contribution in [1.29, 1.82) is 0 Å². The van der Waals surface area contributed by atoms with E-state index in [4.69, 9.17) is 4.74 Å². The highest BCUT2D eigenvalue weighted by Gasteiger charge is 2.55. The van der Waals surface area contributed by atoms with E-state index in [1.54, 1.807) is 24.3 Å². The highest BCUT2D eigenvalue weighted by Crippen LogP contribution is 2.54. The van der Waals surface area contributed by atoms with Crippen LogP contribution in [-0.4, -0.2) is 47.2 Å². The lowest BCUT2D eigenvalue weighted by molar-refractivity contribution is -0.140. The van der Waals surface area contributed by atoms with E-state index in [1.807, 2.05) is 0 Å². The number of benzene rings is 3. The lowest BCUT2D eigenvalue weighted by Crippen LogP contribution is -2.48. The summed E-state index contributed by atoms with van der Waals surface area (Å²) in [4.78, 5) is 42.0. The Bertz CT molecular complexity index is 2020. The van der Waals surface area contributed by atoms with Crippen LogP contribution < -0.4 is 15.4 Å². The maximum Gasteiger partial charge on any atom is 0.419 e. The van der Waals surface area contributed by atoms with Gasteiger partial charge < -0.3 is 25.5 Å². The van der Waals surface area contributed by atoms with Gasteiger partial charge in [0.1, 0.15) is 11.6 Å². The molecule has 8 nitrogen and oxygen atoms in total. The summed E-state index contributed by atoms with van der Waals surface area (Å²) in [5.74, 6) is -7.57. The van der Waals surface area contributed by atoms with E-state index in [0.29, 0.717) is 34.2 Å². The number of allylic oxidation sites excluding steroid dienone is 1. The smallest absolute Gasteiger partial charge is 0.419 e. The third-order valence-corrected chi connectivity index (χ3v) is 9.06. The zero-order valence-electron chi connectivity index (χ0n) is 25.3. The third kappa shape index (κ3) is 6.44. The summed E-state index contributed by atoms with van der Waals surface area (Å²) < 4.78 is 100.0.